The molecule has 1 aliphatic rings. The minimum absolute atomic E-state index is 0.104. The molecule has 2 aromatic rings. The number of hydrogen-bond acceptors (Lipinski definition) is 4. The van der Waals surface area contributed by atoms with Crippen LogP contribution in [-0.2, 0) is 13.1 Å². The highest BCUT2D eigenvalue weighted by molar-refractivity contribution is 5.65. The van der Waals surface area contributed by atoms with Crippen LogP contribution in [-0.4, -0.2) is 56.3 Å². The van der Waals surface area contributed by atoms with Crippen molar-refractivity contribution in [1.29, 1.82) is 0 Å². The van der Waals surface area contributed by atoms with Gasteiger partial charge in [-0.25, -0.2) is 9.18 Å². The van der Waals surface area contributed by atoms with Crippen molar-refractivity contribution in [2.45, 2.75) is 32.5 Å². The molecule has 8 heteroatoms. The second-order valence-electron chi connectivity index (χ2n) is 7.02. The Kier molecular flexibility index (Phi) is 5.99. The molecular formula is C20H24FN3O4. The monoisotopic (exact) mass is 389 g/mol. The number of halogens is 1. The molecule has 1 fully saturated rings. The Morgan fingerprint density at radius 1 is 1.18 bits per heavy atom. The summed E-state index contributed by atoms with van der Waals surface area (Å²) in [6.45, 7) is 4.06. The Balaban J connectivity index is 1.72. The van der Waals surface area contributed by atoms with Crippen LogP contribution in [0.3, 0.4) is 0 Å². The zero-order valence-corrected chi connectivity index (χ0v) is 15.7. The molecule has 1 atom stereocenters. The molecule has 0 bridgehead atoms. The highest BCUT2D eigenvalue weighted by Gasteiger charge is 2.29. The third-order valence-corrected chi connectivity index (χ3v) is 5.17. The second kappa shape index (κ2) is 8.43. The smallest absolute Gasteiger partial charge is 0.407 e. The molecule has 28 heavy (non-hydrogen) atoms. The average molecular weight is 389 g/mol. The standard InChI is InChI=1S/C20H24FN3O4/c1-2-17-13-22(9-10-24(17)20(27)28)12-15-7-8-23(19(26)18(15)25)11-14-3-5-16(21)6-4-14/h3-8,17,25H,2,9-13H2,1H3,(H,27,28). The highest BCUT2D eigenvalue weighted by Crippen LogP contribution is 2.19. The third-order valence-electron chi connectivity index (χ3n) is 5.17. The Hall–Kier alpha value is -2.87. The molecule has 1 amide bonds. The zero-order chi connectivity index (χ0) is 20.3. The number of rotatable bonds is 5. The fraction of sp³-hybridized carbons (Fsp3) is 0.400. The van der Waals surface area contributed by atoms with Gasteiger partial charge in [0, 0.05) is 44.0 Å². The van der Waals surface area contributed by atoms with E-state index in [0.717, 1.165) is 5.56 Å². The van der Waals surface area contributed by atoms with E-state index in [9.17, 15) is 24.2 Å². The molecule has 1 aliphatic heterocycles. The summed E-state index contributed by atoms with van der Waals surface area (Å²) in [7, 11) is 0. The fourth-order valence-corrected chi connectivity index (χ4v) is 3.54. The normalized spacial score (nSPS) is 17.6. The Labute approximate surface area is 162 Å². The number of nitrogens with zero attached hydrogens (tertiary/aromatic N) is 3. The van der Waals surface area contributed by atoms with Crippen molar-refractivity contribution in [3.05, 3.63) is 63.8 Å². The number of carboxylic acid groups (broad SMARTS) is 1. The van der Waals surface area contributed by atoms with Crippen molar-refractivity contribution in [2.75, 3.05) is 19.6 Å². The summed E-state index contributed by atoms with van der Waals surface area (Å²) in [5.74, 6) is -0.652. The summed E-state index contributed by atoms with van der Waals surface area (Å²) in [5, 5.41) is 19.6. The lowest BCUT2D eigenvalue weighted by atomic mass is 10.1. The number of benzene rings is 1. The van der Waals surface area contributed by atoms with Crippen LogP contribution in [0.15, 0.2) is 41.3 Å². The van der Waals surface area contributed by atoms with Gasteiger partial charge < -0.3 is 19.7 Å². The first kappa shape index (κ1) is 19.9. The summed E-state index contributed by atoms with van der Waals surface area (Å²) >= 11 is 0. The van der Waals surface area contributed by atoms with Gasteiger partial charge in [0.15, 0.2) is 5.75 Å². The van der Waals surface area contributed by atoms with Gasteiger partial charge in [0.2, 0.25) is 0 Å². The lowest BCUT2D eigenvalue weighted by Gasteiger charge is -2.39. The number of aromatic nitrogens is 1. The molecule has 0 saturated carbocycles. The number of carbonyl (C=O) groups is 1. The van der Waals surface area contributed by atoms with Crippen LogP contribution in [0.4, 0.5) is 9.18 Å². The van der Waals surface area contributed by atoms with E-state index in [4.69, 9.17) is 0 Å². The number of hydrogen-bond donors (Lipinski definition) is 2. The predicted octanol–water partition coefficient (Wildman–Crippen LogP) is 2.32. The molecule has 150 valence electrons. The minimum Gasteiger partial charge on any atom is -0.503 e. The van der Waals surface area contributed by atoms with Crippen LogP contribution >= 0.6 is 0 Å². The summed E-state index contributed by atoms with van der Waals surface area (Å²) in [4.78, 5) is 27.3. The minimum atomic E-state index is -0.919. The Bertz CT molecular complexity index is 897. The number of pyridine rings is 1. The van der Waals surface area contributed by atoms with Crippen LogP contribution in [0, 0.1) is 5.82 Å². The molecule has 0 spiro atoms. The Morgan fingerprint density at radius 2 is 1.89 bits per heavy atom. The summed E-state index contributed by atoms with van der Waals surface area (Å²) < 4.78 is 14.4. The SMILES string of the molecule is CCC1CN(Cc2ccn(Cc3ccc(F)cc3)c(=O)c2O)CCN1C(=O)O. The molecule has 1 saturated heterocycles. The van der Waals surface area contributed by atoms with Gasteiger partial charge in [-0.15, -0.1) is 0 Å². The van der Waals surface area contributed by atoms with Crippen LogP contribution in [0.5, 0.6) is 5.75 Å². The topological polar surface area (TPSA) is 86.0 Å². The van der Waals surface area contributed by atoms with E-state index in [0.29, 0.717) is 38.2 Å². The Morgan fingerprint density at radius 3 is 2.54 bits per heavy atom. The van der Waals surface area contributed by atoms with E-state index in [-0.39, 0.29) is 24.2 Å². The van der Waals surface area contributed by atoms with Gasteiger partial charge in [-0.1, -0.05) is 19.1 Å². The summed E-state index contributed by atoms with van der Waals surface area (Å²) in [6, 6.07) is 7.45. The van der Waals surface area contributed by atoms with Crippen molar-refractivity contribution < 1.29 is 19.4 Å². The van der Waals surface area contributed by atoms with E-state index in [2.05, 4.69) is 0 Å². The van der Waals surface area contributed by atoms with Gasteiger partial charge in [0.25, 0.3) is 5.56 Å². The van der Waals surface area contributed by atoms with Crippen molar-refractivity contribution in [3.63, 3.8) is 0 Å². The van der Waals surface area contributed by atoms with Gasteiger partial charge >= 0.3 is 6.09 Å². The molecule has 3 rings (SSSR count). The number of aromatic hydroxyl groups is 1. The highest BCUT2D eigenvalue weighted by atomic mass is 19.1. The maximum absolute atomic E-state index is 13.0. The second-order valence-corrected chi connectivity index (χ2v) is 7.02. The number of amides is 1. The van der Waals surface area contributed by atoms with Crippen LogP contribution in [0.1, 0.15) is 24.5 Å². The van der Waals surface area contributed by atoms with E-state index >= 15 is 0 Å². The molecule has 1 aromatic carbocycles. The van der Waals surface area contributed by atoms with Crippen LogP contribution < -0.4 is 5.56 Å². The maximum Gasteiger partial charge on any atom is 0.407 e. The van der Waals surface area contributed by atoms with Gasteiger partial charge in [0.1, 0.15) is 5.82 Å². The van der Waals surface area contributed by atoms with E-state index in [1.165, 1.54) is 21.6 Å². The van der Waals surface area contributed by atoms with Crippen LogP contribution in [0.2, 0.25) is 0 Å². The molecule has 2 N–H and O–H groups in total. The van der Waals surface area contributed by atoms with E-state index in [1.807, 2.05) is 11.8 Å². The molecule has 0 aliphatic carbocycles. The molecule has 1 unspecified atom stereocenters. The zero-order valence-electron chi connectivity index (χ0n) is 15.7. The lowest BCUT2D eigenvalue weighted by molar-refractivity contribution is 0.0626. The fourth-order valence-electron chi connectivity index (χ4n) is 3.54. The van der Waals surface area contributed by atoms with Crippen molar-refractivity contribution >= 4 is 6.09 Å². The lowest BCUT2D eigenvalue weighted by Crippen LogP contribution is -2.54. The third kappa shape index (κ3) is 4.33. The molecule has 1 aromatic heterocycles. The quantitative estimate of drug-likeness (QED) is 0.820. The molecular weight excluding hydrogens is 365 g/mol. The first-order valence-electron chi connectivity index (χ1n) is 9.26. The first-order valence-corrected chi connectivity index (χ1v) is 9.26. The molecule has 2 heterocycles. The van der Waals surface area contributed by atoms with Gasteiger partial charge in [-0.3, -0.25) is 9.69 Å². The summed E-state index contributed by atoms with van der Waals surface area (Å²) in [6.07, 6.45) is 1.40. The average Bonchev–Trinajstić information content (AvgIpc) is 2.69. The van der Waals surface area contributed by atoms with Gasteiger partial charge in [0.05, 0.1) is 6.54 Å². The molecule has 0 radical (unpaired) electrons. The van der Waals surface area contributed by atoms with Crippen LogP contribution in [0.25, 0.3) is 0 Å². The van der Waals surface area contributed by atoms with E-state index in [1.54, 1.807) is 24.4 Å². The summed E-state index contributed by atoms with van der Waals surface area (Å²) in [5.41, 5.74) is 0.767. The van der Waals surface area contributed by atoms with Crippen molar-refractivity contribution in [1.82, 2.24) is 14.4 Å². The predicted molar refractivity (Wildman–Crippen MR) is 102 cm³/mol. The number of piperazine rings is 1. The van der Waals surface area contributed by atoms with Gasteiger partial charge in [-0.2, -0.15) is 0 Å². The maximum atomic E-state index is 13.0. The van der Waals surface area contributed by atoms with Gasteiger partial charge in [-0.05, 0) is 30.2 Å². The van der Waals surface area contributed by atoms with Crippen molar-refractivity contribution in [3.8, 4) is 5.75 Å². The van der Waals surface area contributed by atoms with Crippen molar-refractivity contribution in [2.24, 2.45) is 0 Å². The largest absolute Gasteiger partial charge is 0.503 e. The molecule has 7 nitrogen and oxygen atoms in total. The van der Waals surface area contributed by atoms with E-state index < -0.39 is 11.7 Å². The first-order chi connectivity index (χ1) is 13.4.